The van der Waals surface area contributed by atoms with E-state index < -0.39 is 12.0 Å². The first kappa shape index (κ1) is 12.9. The van der Waals surface area contributed by atoms with Gasteiger partial charge in [0.2, 0.25) is 0 Å². The molecule has 2 N–H and O–H groups in total. The number of carbonyl (C=O) groups is 2. The van der Waals surface area contributed by atoms with E-state index in [1.54, 1.807) is 18.1 Å². The largest absolute Gasteiger partial charge is 0.480 e. The SMILES string of the molecule is CN(CC(=O)O)C(=O)NCCc1ncn(C)n1. The van der Waals surface area contributed by atoms with Gasteiger partial charge in [-0.3, -0.25) is 9.48 Å². The predicted octanol–water partition coefficient (Wildman–Crippen LogP) is -0.916. The molecule has 0 atom stereocenters. The average Bonchev–Trinajstić information content (AvgIpc) is 2.63. The number of aliphatic carboxylic acids is 1. The molecule has 0 fully saturated rings. The van der Waals surface area contributed by atoms with Gasteiger partial charge in [-0.05, 0) is 0 Å². The summed E-state index contributed by atoms with van der Waals surface area (Å²) >= 11 is 0. The van der Waals surface area contributed by atoms with E-state index in [0.29, 0.717) is 18.8 Å². The molecule has 0 aliphatic heterocycles. The van der Waals surface area contributed by atoms with Crippen molar-refractivity contribution < 1.29 is 14.7 Å². The van der Waals surface area contributed by atoms with Gasteiger partial charge in [0.1, 0.15) is 12.9 Å². The second kappa shape index (κ2) is 5.83. The third kappa shape index (κ3) is 4.49. The number of hydrogen-bond donors (Lipinski definition) is 2. The Balaban J connectivity index is 2.26. The van der Waals surface area contributed by atoms with Crippen molar-refractivity contribution in [2.75, 3.05) is 20.1 Å². The van der Waals surface area contributed by atoms with E-state index in [1.165, 1.54) is 7.05 Å². The van der Waals surface area contributed by atoms with Crippen molar-refractivity contribution in [3.05, 3.63) is 12.2 Å². The predicted molar refractivity (Wildman–Crippen MR) is 58.4 cm³/mol. The fourth-order valence-electron chi connectivity index (χ4n) is 1.19. The topological polar surface area (TPSA) is 100 Å². The van der Waals surface area contributed by atoms with Gasteiger partial charge >= 0.3 is 12.0 Å². The third-order valence-electron chi connectivity index (χ3n) is 1.99. The lowest BCUT2D eigenvalue weighted by Gasteiger charge is -2.14. The molecule has 0 spiro atoms. The van der Waals surface area contributed by atoms with Gasteiger partial charge in [0.05, 0.1) is 0 Å². The highest BCUT2D eigenvalue weighted by molar-refractivity contribution is 5.79. The van der Waals surface area contributed by atoms with Crippen LogP contribution in [0.2, 0.25) is 0 Å². The minimum atomic E-state index is -1.05. The maximum atomic E-state index is 11.4. The van der Waals surface area contributed by atoms with E-state index >= 15 is 0 Å². The summed E-state index contributed by atoms with van der Waals surface area (Å²) in [5, 5.41) is 15.1. The van der Waals surface area contributed by atoms with Crippen LogP contribution in [0.15, 0.2) is 6.33 Å². The molecule has 17 heavy (non-hydrogen) atoms. The van der Waals surface area contributed by atoms with E-state index in [2.05, 4.69) is 15.4 Å². The summed E-state index contributed by atoms with van der Waals surface area (Å²) in [6.45, 7) is 0.0421. The number of rotatable bonds is 5. The van der Waals surface area contributed by atoms with E-state index in [0.717, 1.165) is 4.90 Å². The lowest BCUT2D eigenvalue weighted by molar-refractivity contribution is -0.137. The van der Waals surface area contributed by atoms with Crippen LogP contribution in [0.1, 0.15) is 5.82 Å². The molecule has 0 saturated heterocycles. The van der Waals surface area contributed by atoms with Gasteiger partial charge in [-0.2, -0.15) is 5.10 Å². The van der Waals surface area contributed by atoms with Crippen LogP contribution in [-0.2, 0) is 18.3 Å². The number of likely N-dealkylation sites (N-methyl/N-ethyl adjacent to an activating group) is 1. The molecule has 2 amide bonds. The Morgan fingerprint density at radius 2 is 2.29 bits per heavy atom. The second-order valence-electron chi connectivity index (χ2n) is 3.57. The van der Waals surface area contributed by atoms with E-state index in [9.17, 15) is 9.59 Å². The van der Waals surface area contributed by atoms with Crippen molar-refractivity contribution in [1.82, 2.24) is 25.0 Å². The van der Waals surface area contributed by atoms with Gasteiger partial charge < -0.3 is 15.3 Å². The Kier molecular flexibility index (Phi) is 4.44. The summed E-state index contributed by atoms with van der Waals surface area (Å²) in [5.74, 6) is -0.414. The lowest BCUT2D eigenvalue weighted by atomic mass is 10.4. The summed E-state index contributed by atoms with van der Waals surface area (Å²) in [5.41, 5.74) is 0. The highest BCUT2D eigenvalue weighted by Gasteiger charge is 2.11. The number of aryl methyl sites for hydroxylation is 1. The Hall–Kier alpha value is -2.12. The van der Waals surface area contributed by atoms with Gasteiger partial charge in [-0.1, -0.05) is 0 Å². The number of nitrogens with zero attached hydrogens (tertiary/aromatic N) is 4. The number of carboxylic acid groups (broad SMARTS) is 1. The van der Waals surface area contributed by atoms with Gasteiger partial charge in [-0.25, -0.2) is 9.78 Å². The first-order chi connectivity index (χ1) is 7.99. The number of carbonyl (C=O) groups excluding carboxylic acids is 1. The summed E-state index contributed by atoms with van der Waals surface area (Å²) in [4.78, 5) is 26.8. The maximum Gasteiger partial charge on any atom is 0.323 e. The van der Waals surface area contributed by atoms with E-state index in [1.807, 2.05) is 0 Å². The number of nitrogens with one attached hydrogen (secondary N) is 1. The zero-order chi connectivity index (χ0) is 12.8. The van der Waals surface area contributed by atoms with Gasteiger partial charge in [0, 0.05) is 27.1 Å². The van der Waals surface area contributed by atoms with Crippen LogP contribution in [0.3, 0.4) is 0 Å². The monoisotopic (exact) mass is 241 g/mol. The zero-order valence-electron chi connectivity index (χ0n) is 9.75. The molecule has 8 nitrogen and oxygen atoms in total. The van der Waals surface area contributed by atoms with Gasteiger partial charge in [0.15, 0.2) is 5.82 Å². The molecule has 1 heterocycles. The Morgan fingerprint density at radius 1 is 1.59 bits per heavy atom. The molecule has 1 aromatic rings. The summed E-state index contributed by atoms with van der Waals surface area (Å²) in [6.07, 6.45) is 2.08. The lowest BCUT2D eigenvalue weighted by Crippen LogP contribution is -2.40. The average molecular weight is 241 g/mol. The number of hydrogen-bond acceptors (Lipinski definition) is 4. The van der Waals surface area contributed by atoms with Gasteiger partial charge in [-0.15, -0.1) is 0 Å². The van der Waals surface area contributed by atoms with Crippen molar-refractivity contribution in [3.63, 3.8) is 0 Å². The zero-order valence-corrected chi connectivity index (χ0v) is 9.75. The van der Waals surface area contributed by atoms with Crippen LogP contribution in [0.5, 0.6) is 0 Å². The molecular formula is C9H15N5O3. The van der Waals surface area contributed by atoms with Crippen LogP contribution in [0.4, 0.5) is 4.79 Å². The summed E-state index contributed by atoms with van der Waals surface area (Å²) in [7, 11) is 3.18. The Morgan fingerprint density at radius 3 is 2.82 bits per heavy atom. The molecule has 0 aliphatic carbocycles. The van der Waals surface area contributed by atoms with Crippen LogP contribution in [0, 0.1) is 0 Å². The van der Waals surface area contributed by atoms with Crippen LogP contribution in [-0.4, -0.2) is 56.9 Å². The molecule has 0 unspecified atom stereocenters. The molecular weight excluding hydrogens is 226 g/mol. The second-order valence-corrected chi connectivity index (χ2v) is 3.57. The third-order valence-corrected chi connectivity index (χ3v) is 1.99. The fraction of sp³-hybridized carbons (Fsp3) is 0.556. The van der Waals surface area contributed by atoms with Crippen LogP contribution >= 0.6 is 0 Å². The summed E-state index contributed by atoms with van der Waals surface area (Å²) < 4.78 is 1.58. The minimum Gasteiger partial charge on any atom is -0.480 e. The van der Waals surface area contributed by atoms with Crippen molar-refractivity contribution in [3.8, 4) is 0 Å². The van der Waals surface area contributed by atoms with Crippen molar-refractivity contribution in [2.24, 2.45) is 7.05 Å². The number of carboxylic acids is 1. The molecule has 94 valence electrons. The number of urea groups is 1. The highest BCUT2D eigenvalue weighted by atomic mass is 16.4. The standard InChI is InChI=1S/C9H15N5O3/c1-13(5-8(15)16)9(17)10-4-3-7-11-6-14(2)12-7/h6H,3-5H2,1-2H3,(H,10,17)(H,15,16). The maximum absolute atomic E-state index is 11.4. The number of amides is 2. The van der Waals surface area contributed by atoms with Crippen LogP contribution < -0.4 is 5.32 Å². The molecule has 1 aromatic heterocycles. The molecule has 0 aromatic carbocycles. The summed E-state index contributed by atoms with van der Waals surface area (Å²) in [6, 6.07) is -0.427. The highest BCUT2D eigenvalue weighted by Crippen LogP contribution is 1.89. The van der Waals surface area contributed by atoms with Crippen molar-refractivity contribution in [1.29, 1.82) is 0 Å². The normalized spacial score (nSPS) is 10.0. The van der Waals surface area contributed by atoms with E-state index in [-0.39, 0.29) is 6.54 Å². The number of aromatic nitrogens is 3. The Bertz CT molecular complexity index is 403. The van der Waals surface area contributed by atoms with Crippen molar-refractivity contribution >= 4 is 12.0 Å². The molecule has 1 rings (SSSR count). The Labute approximate surface area is 98.2 Å². The first-order valence-corrected chi connectivity index (χ1v) is 5.04. The molecule has 0 radical (unpaired) electrons. The van der Waals surface area contributed by atoms with Crippen LogP contribution in [0.25, 0.3) is 0 Å². The molecule has 0 bridgehead atoms. The smallest absolute Gasteiger partial charge is 0.323 e. The quantitative estimate of drug-likeness (QED) is 0.694. The molecule has 8 heteroatoms. The van der Waals surface area contributed by atoms with Crippen molar-refractivity contribution in [2.45, 2.75) is 6.42 Å². The fourth-order valence-corrected chi connectivity index (χ4v) is 1.19. The molecule has 0 aliphatic rings. The first-order valence-electron chi connectivity index (χ1n) is 5.04. The van der Waals surface area contributed by atoms with E-state index in [4.69, 9.17) is 5.11 Å². The van der Waals surface area contributed by atoms with Gasteiger partial charge in [0.25, 0.3) is 0 Å². The molecule has 0 saturated carbocycles. The minimum absolute atomic E-state index is 0.326.